The summed E-state index contributed by atoms with van der Waals surface area (Å²) in [6, 6.07) is 0. The van der Waals surface area contributed by atoms with Crippen LogP contribution in [0.3, 0.4) is 0 Å². The second-order valence-electron chi connectivity index (χ2n) is 4.76. The minimum absolute atomic E-state index is 0.378. The number of carbonyl (C=O) groups excluding carboxylic acids is 1. The van der Waals surface area contributed by atoms with E-state index < -0.39 is 0 Å². The van der Waals surface area contributed by atoms with Gasteiger partial charge in [0.05, 0.1) is 0 Å². The summed E-state index contributed by atoms with van der Waals surface area (Å²) in [5.74, 6) is 0.378. The molecule has 0 aromatic heterocycles. The van der Waals surface area contributed by atoms with Gasteiger partial charge in [0, 0.05) is 24.8 Å². The van der Waals surface area contributed by atoms with Crippen LogP contribution in [0, 0.1) is 5.41 Å². The summed E-state index contributed by atoms with van der Waals surface area (Å²) in [6.45, 7) is 1.99. The standard InChI is InChI=1S/C11H18BrNO/c12-8-11(5-3-6-11)9-13-7-2-1-4-10(13)14/h1-9H2. The number of likely N-dealkylation sites (tertiary alicyclic amines) is 1. The number of nitrogens with zero attached hydrogens (tertiary/aromatic N) is 1. The molecule has 0 spiro atoms. The van der Waals surface area contributed by atoms with Crippen molar-refractivity contribution in [2.24, 2.45) is 5.41 Å². The molecule has 1 saturated heterocycles. The van der Waals surface area contributed by atoms with Crippen LogP contribution in [0.1, 0.15) is 38.5 Å². The first-order valence-electron chi connectivity index (χ1n) is 5.60. The Kier molecular flexibility index (Phi) is 3.15. The molecule has 1 heterocycles. The number of carbonyl (C=O) groups is 1. The lowest BCUT2D eigenvalue weighted by atomic mass is 9.70. The van der Waals surface area contributed by atoms with Gasteiger partial charge in [-0.2, -0.15) is 0 Å². The first-order chi connectivity index (χ1) is 6.76. The van der Waals surface area contributed by atoms with Gasteiger partial charge in [0.2, 0.25) is 5.91 Å². The van der Waals surface area contributed by atoms with E-state index in [1.807, 2.05) is 0 Å². The van der Waals surface area contributed by atoms with Crippen molar-refractivity contribution in [1.29, 1.82) is 0 Å². The van der Waals surface area contributed by atoms with Crippen molar-refractivity contribution in [3.8, 4) is 0 Å². The van der Waals surface area contributed by atoms with Crippen molar-refractivity contribution >= 4 is 21.8 Å². The summed E-state index contributed by atoms with van der Waals surface area (Å²) in [6.07, 6.45) is 7.00. The molecule has 0 bridgehead atoms. The molecule has 2 rings (SSSR count). The molecule has 2 aliphatic rings. The van der Waals surface area contributed by atoms with Gasteiger partial charge in [-0.3, -0.25) is 4.79 Å². The van der Waals surface area contributed by atoms with E-state index in [2.05, 4.69) is 20.8 Å². The molecule has 2 fully saturated rings. The fraction of sp³-hybridized carbons (Fsp3) is 0.909. The number of halogens is 1. The molecule has 1 amide bonds. The number of alkyl halides is 1. The number of hydrogen-bond acceptors (Lipinski definition) is 1. The van der Waals surface area contributed by atoms with Crippen LogP contribution in [-0.2, 0) is 4.79 Å². The van der Waals surface area contributed by atoms with Crippen LogP contribution in [0.4, 0.5) is 0 Å². The molecule has 0 aromatic rings. The molecule has 1 saturated carbocycles. The predicted molar refractivity (Wildman–Crippen MR) is 60.5 cm³/mol. The zero-order valence-corrected chi connectivity index (χ0v) is 10.2. The summed E-state index contributed by atoms with van der Waals surface area (Å²) in [4.78, 5) is 13.7. The van der Waals surface area contributed by atoms with Crippen LogP contribution in [-0.4, -0.2) is 29.2 Å². The van der Waals surface area contributed by atoms with Crippen LogP contribution >= 0.6 is 15.9 Å². The summed E-state index contributed by atoms with van der Waals surface area (Å²) in [5, 5.41) is 1.06. The normalized spacial score (nSPS) is 26.1. The molecular weight excluding hydrogens is 242 g/mol. The van der Waals surface area contributed by atoms with Gasteiger partial charge >= 0.3 is 0 Å². The van der Waals surface area contributed by atoms with Crippen molar-refractivity contribution in [1.82, 2.24) is 4.90 Å². The molecule has 1 aliphatic heterocycles. The van der Waals surface area contributed by atoms with E-state index >= 15 is 0 Å². The van der Waals surface area contributed by atoms with Crippen molar-refractivity contribution in [2.45, 2.75) is 38.5 Å². The third kappa shape index (κ3) is 1.97. The second kappa shape index (κ2) is 4.21. The number of amides is 1. The molecule has 80 valence electrons. The van der Waals surface area contributed by atoms with Gasteiger partial charge in [-0.1, -0.05) is 22.4 Å². The summed E-state index contributed by atoms with van der Waals surface area (Å²) >= 11 is 3.59. The van der Waals surface area contributed by atoms with Crippen molar-refractivity contribution in [3.05, 3.63) is 0 Å². The Morgan fingerprint density at radius 3 is 2.57 bits per heavy atom. The Morgan fingerprint density at radius 1 is 1.29 bits per heavy atom. The Hall–Kier alpha value is -0.0500. The molecule has 0 radical (unpaired) electrons. The molecule has 2 nitrogen and oxygen atoms in total. The maximum absolute atomic E-state index is 11.6. The van der Waals surface area contributed by atoms with E-state index in [-0.39, 0.29) is 0 Å². The predicted octanol–water partition coefficient (Wildman–Crippen LogP) is 2.56. The smallest absolute Gasteiger partial charge is 0.222 e. The van der Waals surface area contributed by atoms with Gasteiger partial charge in [0.15, 0.2) is 0 Å². The first kappa shape index (κ1) is 10.5. The highest BCUT2D eigenvalue weighted by Crippen LogP contribution is 2.43. The molecule has 14 heavy (non-hydrogen) atoms. The van der Waals surface area contributed by atoms with E-state index in [9.17, 15) is 4.79 Å². The molecule has 0 unspecified atom stereocenters. The lowest BCUT2D eigenvalue weighted by Gasteiger charge is -2.44. The molecular formula is C11H18BrNO. The molecule has 0 N–H and O–H groups in total. The summed E-state index contributed by atoms with van der Waals surface area (Å²) in [5.41, 5.74) is 0.424. The Morgan fingerprint density at radius 2 is 2.07 bits per heavy atom. The number of rotatable bonds is 3. The maximum Gasteiger partial charge on any atom is 0.222 e. The van der Waals surface area contributed by atoms with E-state index in [1.165, 1.54) is 25.7 Å². The lowest BCUT2D eigenvalue weighted by molar-refractivity contribution is -0.135. The van der Waals surface area contributed by atoms with Crippen molar-refractivity contribution < 1.29 is 4.79 Å². The van der Waals surface area contributed by atoms with Gasteiger partial charge in [-0.05, 0) is 31.1 Å². The van der Waals surface area contributed by atoms with Crippen molar-refractivity contribution in [3.63, 3.8) is 0 Å². The third-order valence-electron chi connectivity index (χ3n) is 3.65. The number of piperidine rings is 1. The number of hydrogen-bond donors (Lipinski definition) is 0. The highest BCUT2D eigenvalue weighted by atomic mass is 79.9. The van der Waals surface area contributed by atoms with E-state index in [4.69, 9.17) is 0 Å². The van der Waals surface area contributed by atoms with Crippen LogP contribution in [0.2, 0.25) is 0 Å². The van der Waals surface area contributed by atoms with Gasteiger partial charge in [-0.15, -0.1) is 0 Å². The second-order valence-corrected chi connectivity index (χ2v) is 5.32. The van der Waals surface area contributed by atoms with E-state index in [1.54, 1.807) is 0 Å². The van der Waals surface area contributed by atoms with E-state index in [0.29, 0.717) is 11.3 Å². The Bertz CT molecular complexity index is 220. The zero-order valence-electron chi connectivity index (χ0n) is 8.60. The van der Waals surface area contributed by atoms with Crippen LogP contribution in [0.15, 0.2) is 0 Å². The summed E-state index contributed by atoms with van der Waals surface area (Å²) in [7, 11) is 0. The molecule has 0 atom stereocenters. The highest BCUT2D eigenvalue weighted by Gasteiger charge is 2.38. The lowest BCUT2D eigenvalue weighted by Crippen LogP contribution is -2.47. The Labute approximate surface area is 94.2 Å². The zero-order chi connectivity index (χ0) is 10.0. The SMILES string of the molecule is O=C1CCCCN1CC1(CBr)CCC1. The average Bonchev–Trinajstić information content (AvgIpc) is 2.14. The average molecular weight is 260 g/mol. The Balaban J connectivity index is 1.91. The van der Waals surface area contributed by atoms with Crippen molar-refractivity contribution in [2.75, 3.05) is 18.4 Å². The van der Waals surface area contributed by atoms with Crippen LogP contribution in [0.25, 0.3) is 0 Å². The van der Waals surface area contributed by atoms with E-state index in [0.717, 1.165) is 31.3 Å². The first-order valence-corrected chi connectivity index (χ1v) is 6.72. The molecule has 0 aromatic carbocycles. The fourth-order valence-corrected chi connectivity index (χ4v) is 3.18. The highest BCUT2D eigenvalue weighted by molar-refractivity contribution is 9.09. The largest absolute Gasteiger partial charge is 0.342 e. The molecule has 1 aliphatic carbocycles. The van der Waals surface area contributed by atoms with Gasteiger partial charge in [0.25, 0.3) is 0 Å². The summed E-state index contributed by atoms with van der Waals surface area (Å²) < 4.78 is 0. The monoisotopic (exact) mass is 259 g/mol. The van der Waals surface area contributed by atoms with Gasteiger partial charge < -0.3 is 4.90 Å². The maximum atomic E-state index is 11.6. The topological polar surface area (TPSA) is 20.3 Å². The minimum atomic E-state index is 0.378. The fourth-order valence-electron chi connectivity index (χ4n) is 2.44. The van der Waals surface area contributed by atoms with Crippen LogP contribution in [0.5, 0.6) is 0 Å². The van der Waals surface area contributed by atoms with Crippen LogP contribution < -0.4 is 0 Å². The third-order valence-corrected chi connectivity index (χ3v) is 4.83. The van der Waals surface area contributed by atoms with Gasteiger partial charge in [-0.25, -0.2) is 0 Å². The minimum Gasteiger partial charge on any atom is -0.342 e. The van der Waals surface area contributed by atoms with Gasteiger partial charge in [0.1, 0.15) is 0 Å². The molecule has 3 heteroatoms. The quantitative estimate of drug-likeness (QED) is 0.714.